The number of aliphatic hydroxyl groups excluding tert-OH is 1. The maximum absolute atomic E-state index is 11.0. The van der Waals surface area contributed by atoms with E-state index in [1.54, 1.807) is 6.92 Å². The fraction of sp³-hybridized carbons (Fsp3) is 0.296. The van der Waals surface area contributed by atoms with Crippen molar-refractivity contribution >= 4 is 28.7 Å². The molecule has 3 N–H and O–H groups in total. The summed E-state index contributed by atoms with van der Waals surface area (Å²) in [4.78, 5) is 14.9. The summed E-state index contributed by atoms with van der Waals surface area (Å²) >= 11 is 0. The smallest absolute Gasteiger partial charge is 0.270 e. The number of nitro benzene ring substituents is 1. The summed E-state index contributed by atoms with van der Waals surface area (Å²) in [5, 5.41) is 53.9. The van der Waals surface area contributed by atoms with Crippen LogP contribution < -0.4 is 15.4 Å². The quantitative estimate of drug-likeness (QED) is 0.104. The summed E-state index contributed by atoms with van der Waals surface area (Å²) in [5.41, 5.74) is 0.831. The van der Waals surface area contributed by atoms with Crippen LogP contribution in [0.4, 0.5) is 28.7 Å². The fourth-order valence-electron chi connectivity index (χ4n) is 3.52. The summed E-state index contributed by atoms with van der Waals surface area (Å²) in [6.07, 6.45) is 0.628. The number of pyridine rings is 1. The van der Waals surface area contributed by atoms with E-state index in [1.165, 1.54) is 12.1 Å². The standard InChI is InChI=1S/C27H28N8O5/c1-19-23(18-29)26(31-11-12-36)32-27(30-10-5-13-39-14-15-40-22-6-3-2-4-7-22)25(19)34-33-24-9-8-21(35(37)38)16-20(24)17-28/h2-4,6-9,16,36H,5,10-15H2,1H3,(H2,30,31,32). The van der Waals surface area contributed by atoms with Crippen molar-refractivity contribution in [2.45, 2.75) is 13.3 Å². The van der Waals surface area contributed by atoms with Crippen LogP contribution in [0.5, 0.6) is 5.75 Å². The number of para-hydroxylation sites is 1. The van der Waals surface area contributed by atoms with Gasteiger partial charge in [-0.3, -0.25) is 10.1 Å². The molecule has 1 heterocycles. The summed E-state index contributed by atoms with van der Waals surface area (Å²) < 4.78 is 11.2. The van der Waals surface area contributed by atoms with Gasteiger partial charge in [0.15, 0.2) is 5.82 Å². The van der Waals surface area contributed by atoms with Crippen LogP contribution in [-0.2, 0) is 4.74 Å². The van der Waals surface area contributed by atoms with Gasteiger partial charge in [-0.15, -0.1) is 10.2 Å². The topological polar surface area (TPSA) is 191 Å². The lowest BCUT2D eigenvalue weighted by atomic mass is 10.1. The number of nitro groups is 1. The van der Waals surface area contributed by atoms with Crippen LogP contribution in [0, 0.1) is 39.7 Å². The average molecular weight is 545 g/mol. The van der Waals surface area contributed by atoms with Crippen LogP contribution in [-0.4, -0.2) is 54.5 Å². The number of non-ortho nitro benzene ring substituents is 1. The molecule has 0 fully saturated rings. The Labute approximate surface area is 230 Å². The van der Waals surface area contributed by atoms with Gasteiger partial charge in [-0.1, -0.05) is 18.2 Å². The van der Waals surface area contributed by atoms with Gasteiger partial charge in [0.1, 0.15) is 41.7 Å². The number of hydrogen-bond acceptors (Lipinski definition) is 12. The minimum absolute atomic E-state index is 0.0202. The molecule has 0 unspecified atom stereocenters. The van der Waals surface area contributed by atoms with E-state index in [0.717, 1.165) is 11.8 Å². The van der Waals surface area contributed by atoms with Gasteiger partial charge in [-0.2, -0.15) is 10.5 Å². The third-order valence-electron chi connectivity index (χ3n) is 5.50. The molecular formula is C27H28N8O5. The van der Waals surface area contributed by atoms with Crippen LogP contribution in [0.3, 0.4) is 0 Å². The third kappa shape index (κ3) is 8.19. The van der Waals surface area contributed by atoms with Crippen LogP contribution in [0.25, 0.3) is 0 Å². The number of aromatic nitrogens is 1. The molecule has 0 saturated heterocycles. The zero-order valence-electron chi connectivity index (χ0n) is 21.8. The minimum Gasteiger partial charge on any atom is -0.491 e. The molecule has 0 aliphatic rings. The second kappa shape index (κ2) is 15.3. The number of nitrogens with zero attached hydrogens (tertiary/aromatic N) is 6. The zero-order chi connectivity index (χ0) is 28.7. The first kappa shape index (κ1) is 29.4. The predicted octanol–water partition coefficient (Wildman–Crippen LogP) is 4.76. The van der Waals surface area contributed by atoms with Crippen molar-refractivity contribution in [2.24, 2.45) is 10.2 Å². The molecule has 0 aliphatic heterocycles. The molecule has 0 saturated carbocycles. The van der Waals surface area contributed by atoms with Crippen LogP contribution >= 0.6 is 0 Å². The van der Waals surface area contributed by atoms with E-state index in [9.17, 15) is 25.7 Å². The SMILES string of the molecule is Cc1c(C#N)c(NCCO)nc(NCCCOCCOc2ccccc2)c1N=Nc1ccc([N+](=O)[O-])cc1C#N. The van der Waals surface area contributed by atoms with E-state index in [4.69, 9.17) is 9.47 Å². The molecule has 0 atom stereocenters. The lowest BCUT2D eigenvalue weighted by Gasteiger charge is -2.15. The highest BCUT2D eigenvalue weighted by atomic mass is 16.6. The van der Waals surface area contributed by atoms with Crippen molar-refractivity contribution in [2.75, 3.05) is 50.2 Å². The maximum atomic E-state index is 11.0. The van der Waals surface area contributed by atoms with Crippen molar-refractivity contribution < 1.29 is 19.5 Å². The Morgan fingerprint density at radius 2 is 1.80 bits per heavy atom. The van der Waals surface area contributed by atoms with E-state index in [1.807, 2.05) is 36.4 Å². The Hall–Kier alpha value is -5.11. The Kier molecular flexibility index (Phi) is 11.3. The molecule has 3 aromatic rings. The first-order chi connectivity index (χ1) is 19.5. The van der Waals surface area contributed by atoms with Gasteiger partial charge in [-0.05, 0) is 31.5 Å². The fourth-order valence-corrected chi connectivity index (χ4v) is 3.52. The number of nitrogens with one attached hydrogen (secondary N) is 2. The summed E-state index contributed by atoms with van der Waals surface area (Å²) in [6, 6.07) is 17.1. The van der Waals surface area contributed by atoms with Crippen LogP contribution in [0.15, 0.2) is 58.8 Å². The van der Waals surface area contributed by atoms with Crippen molar-refractivity contribution in [1.82, 2.24) is 4.98 Å². The van der Waals surface area contributed by atoms with E-state index < -0.39 is 4.92 Å². The molecule has 0 spiro atoms. The highest BCUT2D eigenvalue weighted by molar-refractivity contribution is 5.74. The second-order valence-corrected chi connectivity index (χ2v) is 8.24. The Morgan fingerprint density at radius 3 is 2.50 bits per heavy atom. The zero-order valence-corrected chi connectivity index (χ0v) is 21.8. The predicted molar refractivity (Wildman–Crippen MR) is 147 cm³/mol. The highest BCUT2D eigenvalue weighted by Gasteiger charge is 2.18. The van der Waals surface area contributed by atoms with E-state index in [0.29, 0.717) is 44.2 Å². The molecule has 3 rings (SSSR count). The van der Waals surface area contributed by atoms with Gasteiger partial charge in [0.2, 0.25) is 0 Å². The lowest BCUT2D eigenvalue weighted by molar-refractivity contribution is -0.384. The maximum Gasteiger partial charge on any atom is 0.270 e. The number of azo groups is 1. The van der Waals surface area contributed by atoms with E-state index in [-0.39, 0.29) is 47.2 Å². The Morgan fingerprint density at radius 1 is 1.02 bits per heavy atom. The van der Waals surface area contributed by atoms with Gasteiger partial charge in [0.05, 0.1) is 29.3 Å². The first-order valence-electron chi connectivity index (χ1n) is 12.4. The molecule has 13 nitrogen and oxygen atoms in total. The summed E-state index contributed by atoms with van der Waals surface area (Å²) in [6.45, 7) is 3.48. The van der Waals surface area contributed by atoms with Crippen molar-refractivity contribution in [1.29, 1.82) is 10.5 Å². The number of nitriles is 2. The van der Waals surface area contributed by atoms with E-state index in [2.05, 4.69) is 31.9 Å². The molecule has 13 heteroatoms. The normalized spacial score (nSPS) is 10.6. The molecule has 40 heavy (non-hydrogen) atoms. The third-order valence-corrected chi connectivity index (χ3v) is 5.50. The molecule has 0 aliphatic carbocycles. The molecule has 1 aromatic heterocycles. The van der Waals surface area contributed by atoms with E-state index >= 15 is 0 Å². The Bertz CT molecular complexity index is 1420. The monoisotopic (exact) mass is 544 g/mol. The van der Waals surface area contributed by atoms with Gasteiger partial charge >= 0.3 is 0 Å². The highest BCUT2D eigenvalue weighted by Crippen LogP contribution is 2.35. The van der Waals surface area contributed by atoms with Crippen LogP contribution in [0.1, 0.15) is 23.1 Å². The molecule has 0 bridgehead atoms. The molecule has 2 aromatic carbocycles. The lowest BCUT2D eigenvalue weighted by Crippen LogP contribution is -2.13. The molecule has 0 radical (unpaired) electrons. The number of anilines is 2. The van der Waals surface area contributed by atoms with Gasteiger partial charge in [0, 0.05) is 37.4 Å². The van der Waals surface area contributed by atoms with Gasteiger partial charge < -0.3 is 25.2 Å². The number of hydrogen-bond donors (Lipinski definition) is 3. The van der Waals surface area contributed by atoms with Crippen molar-refractivity contribution in [3.63, 3.8) is 0 Å². The number of rotatable bonds is 15. The molecule has 206 valence electrons. The largest absolute Gasteiger partial charge is 0.491 e. The minimum atomic E-state index is -0.602. The Balaban J connectivity index is 1.72. The molecular weight excluding hydrogens is 516 g/mol. The van der Waals surface area contributed by atoms with Crippen LogP contribution in [0.2, 0.25) is 0 Å². The van der Waals surface area contributed by atoms with Gasteiger partial charge in [-0.25, -0.2) is 4.98 Å². The number of ether oxygens (including phenoxy) is 2. The number of benzene rings is 2. The second-order valence-electron chi connectivity index (χ2n) is 8.24. The van der Waals surface area contributed by atoms with Crippen molar-refractivity contribution in [3.05, 3.63) is 75.3 Å². The van der Waals surface area contributed by atoms with Crippen molar-refractivity contribution in [3.8, 4) is 17.9 Å². The summed E-state index contributed by atoms with van der Waals surface area (Å²) in [5.74, 6) is 1.38. The molecule has 0 amide bonds. The first-order valence-corrected chi connectivity index (χ1v) is 12.4. The number of aliphatic hydroxyl groups is 1. The summed E-state index contributed by atoms with van der Waals surface area (Å²) in [7, 11) is 0. The average Bonchev–Trinajstić information content (AvgIpc) is 2.97. The van der Waals surface area contributed by atoms with Gasteiger partial charge in [0.25, 0.3) is 5.69 Å².